The molecular formula is C10H10ClNO5. The summed E-state index contributed by atoms with van der Waals surface area (Å²) in [7, 11) is 1.19. The Morgan fingerprint density at radius 1 is 1.53 bits per heavy atom. The van der Waals surface area contributed by atoms with Gasteiger partial charge < -0.3 is 14.6 Å². The van der Waals surface area contributed by atoms with Gasteiger partial charge in [-0.25, -0.2) is 14.6 Å². The van der Waals surface area contributed by atoms with Gasteiger partial charge in [0.1, 0.15) is 5.56 Å². The molecule has 1 heterocycles. The molecule has 0 saturated heterocycles. The number of nitrogens with zero attached hydrogens (tertiary/aromatic N) is 1. The van der Waals surface area contributed by atoms with Crippen molar-refractivity contribution in [2.45, 2.75) is 6.92 Å². The number of halogens is 1. The minimum absolute atomic E-state index is 0.00986. The number of carboxylic acid groups (broad SMARTS) is 1. The maximum Gasteiger partial charge on any atom is 0.356 e. The van der Waals surface area contributed by atoms with Crippen LogP contribution in [0.15, 0.2) is 6.07 Å². The molecule has 1 N–H and O–H groups in total. The molecule has 0 aliphatic heterocycles. The van der Waals surface area contributed by atoms with Crippen molar-refractivity contribution >= 4 is 23.5 Å². The number of hydrogen-bond donors (Lipinski definition) is 1. The second-order valence-corrected chi connectivity index (χ2v) is 3.31. The number of pyridine rings is 1. The second kappa shape index (κ2) is 5.49. The van der Waals surface area contributed by atoms with Crippen LogP contribution in [-0.4, -0.2) is 35.7 Å². The van der Waals surface area contributed by atoms with Crippen LogP contribution >= 0.6 is 11.6 Å². The summed E-state index contributed by atoms with van der Waals surface area (Å²) >= 11 is 5.69. The molecule has 1 aromatic rings. The highest BCUT2D eigenvalue weighted by atomic mass is 35.5. The van der Waals surface area contributed by atoms with Crippen LogP contribution in [0.25, 0.3) is 0 Å². The zero-order chi connectivity index (χ0) is 13.0. The largest absolute Gasteiger partial charge is 0.477 e. The van der Waals surface area contributed by atoms with Gasteiger partial charge in [-0.05, 0) is 13.0 Å². The molecule has 0 bridgehead atoms. The number of rotatable bonds is 4. The highest BCUT2D eigenvalue weighted by Gasteiger charge is 2.21. The van der Waals surface area contributed by atoms with E-state index in [0.29, 0.717) is 0 Å². The fourth-order valence-corrected chi connectivity index (χ4v) is 1.36. The smallest absolute Gasteiger partial charge is 0.356 e. The van der Waals surface area contributed by atoms with E-state index in [0.717, 1.165) is 6.07 Å². The number of aromatic carboxylic acids is 1. The van der Waals surface area contributed by atoms with Gasteiger partial charge in [0.05, 0.1) is 18.7 Å². The van der Waals surface area contributed by atoms with E-state index in [1.165, 1.54) is 7.11 Å². The van der Waals surface area contributed by atoms with Gasteiger partial charge >= 0.3 is 11.9 Å². The molecule has 7 heteroatoms. The van der Waals surface area contributed by atoms with Crippen molar-refractivity contribution in [2.24, 2.45) is 0 Å². The van der Waals surface area contributed by atoms with E-state index in [4.69, 9.17) is 21.4 Å². The van der Waals surface area contributed by atoms with Crippen LogP contribution in [0.2, 0.25) is 5.02 Å². The third-order valence-corrected chi connectivity index (χ3v) is 2.12. The van der Waals surface area contributed by atoms with Crippen molar-refractivity contribution in [2.75, 3.05) is 13.7 Å². The molecule has 1 aromatic heterocycles. The second-order valence-electron chi connectivity index (χ2n) is 2.90. The lowest BCUT2D eigenvalue weighted by atomic mass is 10.2. The molecule has 0 aliphatic rings. The van der Waals surface area contributed by atoms with Crippen LogP contribution in [0.1, 0.15) is 27.8 Å². The fourth-order valence-electron chi connectivity index (χ4n) is 1.12. The Labute approximate surface area is 102 Å². The lowest BCUT2D eigenvalue weighted by Crippen LogP contribution is -2.11. The molecular weight excluding hydrogens is 250 g/mol. The van der Waals surface area contributed by atoms with Gasteiger partial charge in [0.15, 0.2) is 5.69 Å². The number of carboxylic acids is 1. The Kier molecular flexibility index (Phi) is 4.28. The summed E-state index contributed by atoms with van der Waals surface area (Å²) in [5.74, 6) is -2.10. The standard InChI is InChI=1S/C10H10ClNO5/c1-3-17-8-5(10(15)16-2)4-6(11)7(12-8)9(13)14/h4H,3H2,1-2H3,(H,13,14). The normalized spacial score (nSPS) is 9.82. The first-order valence-electron chi connectivity index (χ1n) is 4.66. The third-order valence-electron chi connectivity index (χ3n) is 1.83. The summed E-state index contributed by atoms with van der Waals surface area (Å²) < 4.78 is 9.59. The average molecular weight is 260 g/mol. The third kappa shape index (κ3) is 2.85. The number of carbonyl (C=O) groups excluding carboxylic acids is 1. The van der Waals surface area contributed by atoms with Crippen LogP contribution in [0.3, 0.4) is 0 Å². The lowest BCUT2D eigenvalue weighted by molar-refractivity contribution is 0.0591. The first-order valence-corrected chi connectivity index (χ1v) is 5.04. The average Bonchev–Trinajstić information content (AvgIpc) is 2.29. The van der Waals surface area contributed by atoms with Crippen molar-refractivity contribution < 1.29 is 24.2 Å². The highest BCUT2D eigenvalue weighted by Crippen LogP contribution is 2.24. The molecule has 0 saturated carbocycles. The molecule has 0 aromatic carbocycles. The van der Waals surface area contributed by atoms with Crippen LogP contribution in [0.5, 0.6) is 5.88 Å². The summed E-state index contributed by atoms with van der Waals surface area (Å²) in [4.78, 5) is 25.9. The molecule has 17 heavy (non-hydrogen) atoms. The minimum atomic E-state index is -1.30. The van der Waals surface area contributed by atoms with Gasteiger partial charge in [0.2, 0.25) is 5.88 Å². The first kappa shape index (κ1) is 13.2. The predicted molar refractivity (Wildman–Crippen MR) is 58.7 cm³/mol. The highest BCUT2D eigenvalue weighted by molar-refractivity contribution is 6.33. The van der Waals surface area contributed by atoms with E-state index < -0.39 is 11.9 Å². The Hall–Kier alpha value is -1.82. The molecule has 0 spiro atoms. The topological polar surface area (TPSA) is 85.7 Å². The van der Waals surface area contributed by atoms with Crippen molar-refractivity contribution in [3.8, 4) is 5.88 Å². The van der Waals surface area contributed by atoms with E-state index in [9.17, 15) is 9.59 Å². The predicted octanol–water partition coefficient (Wildman–Crippen LogP) is 1.62. The van der Waals surface area contributed by atoms with Crippen molar-refractivity contribution in [3.63, 3.8) is 0 Å². The minimum Gasteiger partial charge on any atom is -0.477 e. The van der Waals surface area contributed by atoms with Gasteiger partial charge in [-0.2, -0.15) is 0 Å². The van der Waals surface area contributed by atoms with Crippen LogP contribution in [0.4, 0.5) is 0 Å². The summed E-state index contributed by atoms with van der Waals surface area (Å²) in [6, 6.07) is 1.16. The zero-order valence-electron chi connectivity index (χ0n) is 9.19. The Bertz CT molecular complexity index is 460. The van der Waals surface area contributed by atoms with Crippen LogP contribution < -0.4 is 4.74 Å². The van der Waals surface area contributed by atoms with Crippen molar-refractivity contribution in [1.82, 2.24) is 4.98 Å². The van der Waals surface area contributed by atoms with E-state index >= 15 is 0 Å². The SMILES string of the molecule is CCOc1nc(C(=O)O)c(Cl)cc1C(=O)OC. The molecule has 0 amide bonds. The van der Waals surface area contributed by atoms with E-state index in [2.05, 4.69) is 9.72 Å². The molecule has 1 rings (SSSR count). The number of ether oxygens (including phenoxy) is 2. The molecule has 0 aliphatic carbocycles. The molecule has 0 unspecified atom stereocenters. The summed E-state index contributed by atoms with van der Waals surface area (Å²) in [5, 5.41) is 8.67. The molecule has 0 radical (unpaired) electrons. The molecule has 0 atom stereocenters. The summed E-state index contributed by atoms with van der Waals surface area (Å²) in [6.07, 6.45) is 0. The maximum absolute atomic E-state index is 11.4. The van der Waals surface area contributed by atoms with E-state index in [-0.39, 0.29) is 28.8 Å². The van der Waals surface area contributed by atoms with Gasteiger partial charge in [-0.3, -0.25) is 0 Å². The monoisotopic (exact) mass is 259 g/mol. The maximum atomic E-state index is 11.4. The number of carbonyl (C=O) groups is 2. The fraction of sp³-hybridized carbons (Fsp3) is 0.300. The number of esters is 1. The van der Waals surface area contributed by atoms with Crippen LogP contribution in [0, 0.1) is 0 Å². The Balaban J connectivity index is 3.35. The molecule has 0 fully saturated rings. The van der Waals surface area contributed by atoms with Gasteiger partial charge in [-0.1, -0.05) is 11.6 Å². The number of methoxy groups -OCH3 is 1. The van der Waals surface area contributed by atoms with Gasteiger partial charge in [-0.15, -0.1) is 0 Å². The number of aromatic nitrogens is 1. The first-order chi connectivity index (χ1) is 8.01. The van der Waals surface area contributed by atoms with Gasteiger partial charge in [0, 0.05) is 0 Å². The Morgan fingerprint density at radius 2 is 2.18 bits per heavy atom. The van der Waals surface area contributed by atoms with Gasteiger partial charge in [0.25, 0.3) is 0 Å². The van der Waals surface area contributed by atoms with Crippen LogP contribution in [-0.2, 0) is 4.74 Å². The summed E-state index contributed by atoms with van der Waals surface area (Å²) in [5.41, 5.74) is -0.382. The Morgan fingerprint density at radius 3 is 2.65 bits per heavy atom. The van der Waals surface area contributed by atoms with Crippen molar-refractivity contribution in [3.05, 3.63) is 22.3 Å². The molecule has 6 nitrogen and oxygen atoms in total. The van der Waals surface area contributed by atoms with Crippen molar-refractivity contribution in [1.29, 1.82) is 0 Å². The molecule has 92 valence electrons. The quantitative estimate of drug-likeness (QED) is 0.827. The summed E-state index contributed by atoms with van der Waals surface area (Å²) in [6.45, 7) is 1.91. The van der Waals surface area contributed by atoms with E-state index in [1.807, 2.05) is 0 Å². The zero-order valence-corrected chi connectivity index (χ0v) is 9.95. The number of hydrogen-bond acceptors (Lipinski definition) is 5. The lowest BCUT2D eigenvalue weighted by Gasteiger charge is -2.09. The van der Waals surface area contributed by atoms with E-state index in [1.54, 1.807) is 6.92 Å².